The number of halogens is 3. The van der Waals surface area contributed by atoms with Crippen LogP contribution in [0.1, 0.15) is 12.8 Å². The van der Waals surface area contributed by atoms with Gasteiger partial charge in [-0.25, -0.2) is 9.37 Å². The molecule has 7 heteroatoms. The smallest absolute Gasteiger partial charge is 0.229 e. The largest absolute Gasteiger partial charge is 0.356 e. The summed E-state index contributed by atoms with van der Waals surface area (Å²) >= 11 is 9.25. The number of hydrogen-bond acceptors (Lipinski definition) is 4. The molecule has 2 heterocycles. The van der Waals surface area contributed by atoms with Crippen LogP contribution in [0.15, 0.2) is 28.9 Å². The highest BCUT2D eigenvalue weighted by Crippen LogP contribution is 2.28. The minimum absolute atomic E-state index is 0.0666. The van der Waals surface area contributed by atoms with E-state index in [1.807, 2.05) is 0 Å². The molecule has 4 nitrogen and oxygen atoms in total. The molecule has 1 fully saturated rings. The van der Waals surface area contributed by atoms with Gasteiger partial charge in [0.2, 0.25) is 5.95 Å². The van der Waals surface area contributed by atoms with E-state index in [0.717, 1.165) is 23.4 Å². The second-order valence-electron chi connectivity index (χ2n) is 4.81. The van der Waals surface area contributed by atoms with Crippen molar-refractivity contribution in [1.29, 1.82) is 0 Å². The van der Waals surface area contributed by atoms with Crippen molar-refractivity contribution in [2.75, 3.05) is 23.3 Å². The lowest BCUT2D eigenvalue weighted by Crippen LogP contribution is -2.20. The molecule has 1 aromatic carbocycles. The summed E-state index contributed by atoms with van der Waals surface area (Å²) in [6.07, 6.45) is 4.06. The SMILES string of the molecule is Fc1ccc(Nc2ncc(Br)c(N3CCCC3)n2)cc1Cl. The summed E-state index contributed by atoms with van der Waals surface area (Å²) in [5, 5.41) is 3.11. The normalized spacial score (nSPS) is 14.5. The second-order valence-corrected chi connectivity index (χ2v) is 6.07. The van der Waals surface area contributed by atoms with Crippen LogP contribution in [0.3, 0.4) is 0 Å². The third-order valence-corrected chi connectivity index (χ3v) is 4.16. The molecule has 1 saturated heterocycles. The Bertz CT molecular complexity index is 661. The molecule has 1 aliphatic heterocycles. The summed E-state index contributed by atoms with van der Waals surface area (Å²) in [5.74, 6) is 0.887. The molecule has 0 aliphatic carbocycles. The van der Waals surface area contributed by atoms with Gasteiger partial charge in [0.15, 0.2) is 0 Å². The van der Waals surface area contributed by atoms with Gasteiger partial charge in [0.25, 0.3) is 0 Å². The number of nitrogens with zero attached hydrogens (tertiary/aromatic N) is 3. The summed E-state index contributed by atoms with van der Waals surface area (Å²) in [4.78, 5) is 11.0. The molecule has 0 atom stereocenters. The molecule has 3 rings (SSSR count). The van der Waals surface area contributed by atoms with E-state index in [2.05, 4.69) is 36.1 Å². The maximum Gasteiger partial charge on any atom is 0.229 e. The first-order valence-electron chi connectivity index (χ1n) is 6.63. The van der Waals surface area contributed by atoms with Gasteiger partial charge in [-0.2, -0.15) is 4.98 Å². The number of rotatable bonds is 3. The maximum absolute atomic E-state index is 13.2. The number of benzene rings is 1. The highest BCUT2D eigenvalue weighted by molar-refractivity contribution is 9.10. The third-order valence-electron chi connectivity index (χ3n) is 3.31. The monoisotopic (exact) mass is 370 g/mol. The molecule has 0 radical (unpaired) electrons. The summed E-state index contributed by atoms with van der Waals surface area (Å²) < 4.78 is 14.0. The first-order valence-corrected chi connectivity index (χ1v) is 7.80. The third kappa shape index (κ3) is 3.27. The zero-order chi connectivity index (χ0) is 14.8. The van der Waals surface area contributed by atoms with E-state index in [1.54, 1.807) is 12.3 Å². The topological polar surface area (TPSA) is 41.1 Å². The van der Waals surface area contributed by atoms with E-state index in [0.29, 0.717) is 11.6 Å². The zero-order valence-electron chi connectivity index (χ0n) is 11.1. The van der Waals surface area contributed by atoms with Gasteiger partial charge in [-0.05, 0) is 47.0 Å². The minimum Gasteiger partial charge on any atom is -0.356 e. The van der Waals surface area contributed by atoms with Crippen LogP contribution in [0, 0.1) is 5.82 Å². The van der Waals surface area contributed by atoms with E-state index in [1.165, 1.54) is 25.0 Å². The lowest BCUT2D eigenvalue weighted by Gasteiger charge is -2.18. The van der Waals surface area contributed by atoms with Crippen molar-refractivity contribution in [3.63, 3.8) is 0 Å². The van der Waals surface area contributed by atoms with Crippen molar-refractivity contribution >= 4 is 45.0 Å². The molecule has 0 spiro atoms. The predicted octanol–water partition coefficient (Wildman–Crippen LogP) is 4.38. The molecule has 0 bridgehead atoms. The minimum atomic E-state index is -0.448. The Morgan fingerprint density at radius 2 is 2.05 bits per heavy atom. The van der Waals surface area contributed by atoms with E-state index in [-0.39, 0.29) is 5.02 Å². The molecule has 1 N–H and O–H groups in total. The molecule has 2 aromatic rings. The van der Waals surface area contributed by atoms with Crippen LogP contribution in [0.25, 0.3) is 0 Å². The highest BCUT2D eigenvalue weighted by atomic mass is 79.9. The maximum atomic E-state index is 13.2. The molecule has 1 aliphatic rings. The van der Waals surface area contributed by atoms with Gasteiger partial charge >= 0.3 is 0 Å². The molecule has 0 unspecified atom stereocenters. The summed E-state index contributed by atoms with van der Waals surface area (Å²) in [7, 11) is 0. The van der Waals surface area contributed by atoms with Gasteiger partial charge in [0.05, 0.1) is 9.50 Å². The Morgan fingerprint density at radius 1 is 1.29 bits per heavy atom. The quantitative estimate of drug-likeness (QED) is 0.869. The second kappa shape index (κ2) is 6.15. The highest BCUT2D eigenvalue weighted by Gasteiger charge is 2.17. The standard InChI is InChI=1S/C14H13BrClFN4/c15-10-8-18-14(20-13(10)21-5-1-2-6-21)19-9-3-4-12(17)11(16)7-9/h3-4,7-8H,1-2,5-6H2,(H,18,19,20). The Labute approximate surface area is 135 Å². The summed E-state index contributed by atoms with van der Waals surface area (Å²) in [6.45, 7) is 1.99. The lowest BCUT2D eigenvalue weighted by atomic mass is 10.3. The van der Waals surface area contributed by atoms with Crippen LogP contribution in [0.5, 0.6) is 0 Å². The molecule has 0 saturated carbocycles. The van der Waals surface area contributed by atoms with Gasteiger partial charge in [-0.15, -0.1) is 0 Å². The van der Waals surface area contributed by atoms with Crippen LogP contribution >= 0.6 is 27.5 Å². The molecule has 110 valence electrons. The fourth-order valence-corrected chi connectivity index (χ4v) is 2.89. The van der Waals surface area contributed by atoms with E-state index in [9.17, 15) is 4.39 Å². The molecular formula is C14H13BrClFN4. The Morgan fingerprint density at radius 3 is 2.76 bits per heavy atom. The van der Waals surface area contributed by atoms with Crippen LogP contribution in [-0.2, 0) is 0 Å². The number of nitrogens with one attached hydrogen (secondary N) is 1. The first-order chi connectivity index (χ1) is 10.1. The molecule has 0 amide bonds. The Balaban J connectivity index is 1.85. The van der Waals surface area contributed by atoms with Crippen molar-refractivity contribution in [1.82, 2.24) is 9.97 Å². The van der Waals surface area contributed by atoms with Crippen molar-refractivity contribution in [3.8, 4) is 0 Å². The average molecular weight is 372 g/mol. The van der Waals surface area contributed by atoms with Gasteiger partial charge in [-0.1, -0.05) is 11.6 Å². The molecule has 21 heavy (non-hydrogen) atoms. The molecular weight excluding hydrogens is 359 g/mol. The van der Waals surface area contributed by atoms with Gasteiger partial charge in [-0.3, -0.25) is 0 Å². The number of hydrogen-bond donors (Lipinski definition) is 1. The van der Waals surface area contributed by atoms with Crippen LogP contribution < -0.4 is 10.2 Å². The first kappa shape index (κ1) is 14.5. The fraction of sp³-hybridized carbons (Fsp3) is 0.286. The lowest BCUT2D eigenvalue weighted by molar-refractivity contribution is 0.628. The van der Waals surface area contributed by atoms with Crippen molar-refractivity contribution in [2.24, 2.45) is 0 Å². The zero-order valence-corrected chi connectivity index (χ0v) is 13.5. The van der Waals surface area contributed by atoms with E-state index >= 15 is 0 Å². The Hall–Kier alpha value is -1.40. The van der Waals surface area contributed by atoms with Crippen molar-refractivity contribution < 1.29 is 4.39 Å². The summed E-state index contributed by atoms with van der Waals surface area (Å²) in [6, 6.07) is 4.42. The average Bonchev–Trinajstić information content (AvgIpc) is 2.99. The number of anilines is 3. The Kier molecular flexibility index (Phi) is 4.26. The molecule has 1 aromatic heterocycles. The number of aromatic nitrogens is 2. The fourth-order valence-electron chi connectivity index (χ4n) is 2.27. The van der Waals surface area contributed by atoms with Gasteiger partial charge in [0.1, 0.15) is 11.6 Å². The predicted molar refractivity (Wildman–Crippen MR) is 85.9 cm³/mol. The van der Waals surface area contributed by atoms with Gasteiger partial charge in [0, 0.05) is 25.0 Å². The van der Waals surface area contributed by atoms with Crippen LogP contribution in [0.2, 0.25) is 5.02 Å². The van der Waals surface area contributed by atoms with E-state index in [4.69, 9.17) is 11.6 Å². The van der Waals surface area contributed by atoms with Crippen molar-refractivity contribution in [2.45, 2.75) is 12.8 Å². The van der Waals surface area contributed by atoms with Crippen molar-refractivity contribution in [3.05, 3.63) is 39.7 Å². The summed E-state index contributed by atoms with van der Waals surface area (Å²) in [5.41, 5.74) is 0.649. The van der Waals surface area contributed by atoms with Gasteiger partial charge < -0.3 is 10.2 Å². The van der Waals surface area contributed by atoms with Crippen LogP contribution in [-0.4, -0.2) is 23.1 Å². The van der Waals surface area contributed by atoms with Crippen LogP contribution in [0.4, 0.5) is 21.8 Å². The van der Waals surface area contributed by atoms with E-state index < -0.39 is 5.82 Å².